The van der Waals surface area contributed by atoms with Crippen LogP contribution in [0.15, 0.2) is 18.2 Å². The SMILES string of the molecule is CNC1CCCC1Cc1c(Cl)cccc1Cl. The molecule has 3 heteroatoms. The van der Waals surface area contributed by atoms with Gasteiger partial charge in [0.05, 0.1) is 0 Å². The molecule has 1 saturated carbocycles. The van der Waals surface area contributed by atoms with Gasteiger partial charge in [-0.25, -0.2) is 0 Å². The van der Waals surface area contributed by atoms with Crippen LogP contribution in [0.1, 0.15) is 24.8 Å². The van der Waals surface area contributed by atoms with Gasteiger partial charge in [0.15, 0.2) is 0 Å². The molecule has 2 atom stereocenters. The third-order valence-corrected chi connectivity index (χ3v) is 4.27. The predicted octanol–water partition coefficient (Wildman–Crippen LogP) is 3.92. The van der Waals surface area contributed by atoms with Gasteiger partial charge in [-0.05, 0) is 49.9 Å². The van der Waals surface area contributed by atoms with Gasteiger partial charge in [-0.2, -0.15) is 0 Å². The van der Waals surface area contributed by atoms with Crippen molar-refractivity contribution in [3.63, 3.8) is 0 Å². The van der Waals surface area contributed by atoms with Crippen molar-refractivity contribution in [2.75, 3.05) is 7.05 Å². The molecule has 0 spiro atoms. The van der Waals surface area contributed by atoms with Crippen LogP contribution in [0.2, 0.25) is 10.0 Å². The molecule has 1 aliphatic carbocycles. The van der Waals surface area contributed by atoms with Crippen LogP contribution in [0.5, 0.6) is 0 Å². The van der Waals surface area contributed by atoms with Crippen molar-refractivity contribution in [2.24, 2.45) is 5.92 Å². The average Bonchev–Trinajstić information content (AvgIpc) is 2.71. The van der Waals surface area contributed by atoms with Gasteiger partial charge in [-0.15, -0.1) is 0 Å². The second kappa shape index (κ2) is 5.39. The van der Waals surface area contributed by atoms with Crippen LogP contribution in [0.25, 0.3) is 0 Å². The van der Waals surface area contributed by atoms with Crippen LogP contribution in [-0.4, -0.2) is 13.1 Å². The standard InChI is InChI=1S/C13H17Cl2N/c1-16-13-7-2-4-9(13)8-10-11(14)5-3-6-12(10)15/h3,5-6,9,13,16H,2,4,7-8H2,1H3. The first-order valence-corrected chi connectivity index (χ1v) is 6.58. The van der Waals surface area contributed by atoms with Gasteiger partial charge in [-0.1, -0.05) is 35.7 Å². The van der Waals surface area contributed by atoms with Gasteiger partial charge >= 0.3 is 0 Å². The molecule has 0 radical (unpaired) electrons. The Kier molecular flexibility index (Phi) is 4.12. The van der Waals surface area contributed by atoms with Gasteiger partial charge in [0.1, 0.15) is 0 Å². The monoisotopic (exact) mass is 257 g/mol. The van der Waals surface area contributed by atoms with E-state index in [1.165, 1.54) is 19.3 Å². The third-order valence-electron chi connectivity index (χ3n) is 3.56. The summed E-state index contributed by atoms with van der Waals surface area (Å²) in [6.07, 6.45) is 4.83. The Bertz CT molecular complexity index is 345. The Morgan fingerprint density at radius 1 is 1.25 bits per heavy atom. The molecule has 0 heterocycles. The summed E-state index contributed by atoms with van der Waals surface area (Å²) in [6, 6.07) is 6.36. The zero-order valence-electron chi connectivity index (χ0n) is 9.47. The summed E-state index contributed by atoms with van der Waals surface area (Å²) in [5.74, 6) is 0.669. The number of halogens is 2. The molecule has 1 N–H and O–H groups in total. The first-order chi connectivity index (χ1) is 7.72. The van der Waals surface area contributed by atoms with Crippen LogP contribution < -0.4 is 5.32 Å². The van der Waals surface area contributed by atoms with Gasteiger partial charge in [0.2, 0.25) is 0 Å². The third kappa shape index (κ3) is 2.53. The lowest BCUT2D eigenvalue weighted by molar-refractivity contribution is 0.423. The predicted molar refractivity (Wildman–Crippen MR) is 70.4 cm³/mol. The van der Waals surface area contributed by atoms with Gasteiger partial charge in [0, 0.05) is 16.1 Å². The van der Waals surface area contributed by atoms with E-state index in [9.17, 15) is 0 Å². The quantitative estimate of drug-likeness (QED) is 0.866. The second-order valence-electron chi connectivity index (χ2n) is 4.49. The maximum atomic E-state index is 6.19. The molecular weight excluding hydrogens is 241 g/mol. The molecule has 88 valence electrons. The van der Waals surface area contributed by atoms with Crippen molar-refractivity contribution in [3.8, 4) is 0 Å². The summed E-state index contributed by atoms with van der Waals surface area (Å²) < 4.78 is 0. The molecule has 1 aliphatic rings. The lowest BCUT2D eigenvalue weighted by Gasteiger charge is -2.20. The van der Waals surface area contributed by atoms with Crippen LogP contribution in [0, 0.1) is 5.92 Å². The molecule has 2 unspecified atom stereocenters. The van der Waals surface area contributed by atoms with E-state index in [0.717, 1.165) is 22.0 Å². The minimum Gasteiger partial charge on any atom is -0.317 e. The highest BCUT2D eigenvalue weighted by atomic mass is 35.5. The molecule has 16 heavy (non-hydrogen) atoms. The molecule has 1 aromatic rings. The van der Waals surface area contributed by atoms with E-state index in [1.807, 2.05) is 25.2 Å². The summed E-state index contributed by atoms with van der Waals surface area (Å²) in [6.45, 7) is 0. The van der Waals surface area contributed by atoms with Crippen molar-refractivity contribution in [2.45, 2.75) is 31.7 Å². The van der Waals surface area contributed by atoms with E-state index in [-0.39, 0.29) is 0 Å². The largest absolute Gasteiger partial charge is 0.317 e. The topological polar surface area (TPSA) is 12.0 Å². The van der Waals surface area contributed by atoms with Gasteiger partial charge in [-0.3, -0.25) is 0 Å². The van der Waals surface area contributed by atoms with Crippen molar-refractivity contribution >= 4 is 23.2 Å². The molecular formula is C13H17Cl2N. The van der Waals surface area contributed by atoms with Crippen molar-refractivity contribution < 1.29 is 0 Å². The maximum Gasteiger partial charge on any atom is 0.0452 e. The average molecular weight is 258 g/mol. The Morgan fingerprint density at radius 2 is 1.94 bits per heavy atom. The first-order valence-electron chi connectivity index (χ1n) is 5.82. The highest BCUT2D eigenvalue weighted by Gasteiger charge is 2.27. The minimum atomic E-state index is 0.618. The summed E-state index contributed by atoms with van der Waals surface area (Å²) in [5.41, 5.74) is 1.11. The summed E-state index contributed by atoms with van der Waals surface area (Å²) in [7, 11) is 2.04. The molecule has 0 aliphatic heterocycles. The Morgan fingerprint density at radius 3 is 2.56 bits per heavy atom. The van der Waals surface area contributed by atoms with Crippen molar-refractivity contribution in [3.05, 3.63) is 33.8 Å². The fourth-order valence-electron chi connectivity index (χ4n) is 2.65. The maximum absolute atomic E-state index is 6.19. The number of benzene rings is 1. The van der Waals surface area contributed by atoms with E-state index in [4.69, 9.17) is 23.2 Å². The second-order valence-corrected chi connectivity index (χ2v) is 5.30. The molecule has 0 aromatic heterocycles. The van der Waals surface area contributed by atoms with E-state index in [1.54, 1.807) is 0 Å². The first kappa shape index (κ1) is 12.2. The van der Waals surface area contributed by atoms with Crippen LogP contribution in [0.4, 0.5) is 0 Å². The summed E-state index contributed by atoms with van der Waals surface area (Å²) in [4.78, 5) is 0. The molecule has 1 aromatic carbocycles. The molecule has 1 nitrogen and oxygen atoms in total. The van der Waals surface area contributed by atoms with E-state index in [2.05, 4.69) is 5.32 Å². The highest BCUT2D eigenvalue weighted by Crippen LogP contribution is 2.33. The zero-order chi connectivity index (χ0) is 11.5. The summed E-state index contributed by atoms with van der Waals surface area (Å²) in [5, 5.41) is 4.99. The van der Waals surface area contributed by atoms with Crippen LogP contribution in [-0.2, 0) is 6.42 Å². The van der Waals surface area contributed by atoms with Gasteiger partial charge in [0.25, 0.3) is 0 Å². The molecule has 1 fully saturated rings. The fraction of sp³-hybridized carbons (Fsp3) is 0.538. The zero-order valence-corrected chi connectivity index (χ0v) is 11.0. The Balaban J connectivity index is 2.14. The molecule has 2 rings (SSSR count). The number of nitrogens with one attached hydrogen (secondary N) is 1. The van der Waals surface area contributed by atoms with E-state index < -0.39 is 0 Å². The molecule has 0 amide bonds. The molecule has 0 saturated heterocycles. The lowest BCUT2D eigenvalue weighted by atomic mass is 9.94. The normalized spacial score (nSPS) is 24.9. The summed E-state index contributed by atoms with van der Waals surface area (Å²) >= 11 is 12.4. The van der Waals surface area contributed by atoms with Crippen molar-refractivity contribution in [1.82, 2.24) is 5.32 Å². The fourth-order valence-corrected chi connectivity index (χ4v) is 3.20. The van der Waals surface area contributed by atoms with Crippen LogP contribution >= 0.6 is 23.2 Å². The van der Waals surface area contributed by atoms with E-state index >= 15 is 0 Å². The molecule has 0 bridgehead atoms. The Hall–Kier alpha value is -0.240. The number of hydrogen-bond donors (Lipinski definition) is 1. The van der Waals surface area contributed by atoms with E-state index in [0.29, 0.717) is 12.0 Å². The van der Waals surface area contributed by atoms with Crippen molar-refractivity contribution in [1.29, 1.82) is 0 Å². The highest BCUT2D eigenvalue weighted by molar-refractivity contribution is 6.35. The lowest BCUT2D eigenvalue weighted by Crippen LogP contribution is -2.30. The van der Waals surface area contributed by atoms with Gasteiger partial charge < -0.3 is 5.32 Å². The number of rotatable bonds is 3. The smallest absolute Gasteiger partial charge is 0.0452 e. The Labute approximate surface area is 107 Å². The number of hydrogen-bond acceptors (Lipinski definition) is 1. The van der Waals surface area contributed by atoms with Crippen LogP contribution in [0.3, 0.4) is 0 Å². The minimum absolute atomic E-state index is 0.618.